The lowest BCUT2D eigenvalue weighted by Gasteiger charge is -2.28. The van der Waals surface area contributed by atoms with E-state index in [-0.39, 0.29) is 0 Å². The minimum atomic E-state index is 0.409. The summed E-state index contributed by atoms with van der Waals surface area (Å²) in [5.41, 5.74) is 7.20. The largest absolute Gasteiger partial charge is 0.328 e. The van der Waals surface area contributed by atoms with Gasteiger partial charge in [0.15, 0.2) is 0 Å². The lowest BCUT2D eigenvalue weighted by Crippen LogP contribution is -2.39. The molecule has 0 bridgehead atoms. The predicted octanol–water partition coefficient (Wildman–Crippen LogP) is 2.35. The van der Waals surface area contributed by atoms with E-state index in [4.69, 9.17) is 5.73 Å². The van der Waals surface area contributed by atoms with E-state index >= 15 is 0 Å². The van der Waals surface area contributed by atoms with Crippen LogP contribution in [0.25, 0.3) is 0 Å². The molecule has 0 heterocycles. The van der Waals surface area contributed by atoms with Gasteiger partial charge in [0.05, 0.1) is 6.04 Å². The van der Waals surface area contributed by atoms with E-state index in [2.05, 4.69) is 41.5 Å². The van der Waals surface area contributed by atoms with Crippen LogP contribution in [0.1, 0.15) is 30.7 Å². The van der Waals surface area contributed by atoms with Crippen LogP contribution < -0.4 is 5.73 Å². The van der Waals surface area contributed by atoms with Crippen molar-refractivity contribution >= 4 is 6.21 Å². The van der Waals surface area contributed by atoms with Crippen LogP contribution in [-0.2, 0) is 0 Å². The van der Waals surface area contributed by atoms with Crippen LogP contribution in [0.2, 0.25) is 0 Å². The molecule has 2 saturated carbocycles. The fourth-order valence-electron chi connectivity index (χ4n) is 2.45. The molecule has 1 unspecified atom stereocenters. The van der Waals surface area contributed by atoms with E-state index < -0.39 is 0 Å². The summed E-state index contributed by atoms with van der Waals surface area (Å²) in [7, 11) is 0. The molecule has 0 spiro atoms. The molecule has 0 aliphatic heterocycles. The Morgan fingerprint density at radius 3 is 2.56 bits per heavy atom. The van der Waals surface area contributed by atoms with Crippen molar-refractivity contribution in [2.24, 2.45) is 16.6 Å². The third-order valence-corrected chi connectivity index (χ3v) is 3.71. The second kappa shape index (κ2) is 4.02. The minimum Gasteiger partial charge on any atom is -0.328 e. The molecule has 0 amide bonds. The molecule has 2 fully saturated rings. The normalized spacial score (nSPS) is 37.3. The van der Waals surface area contributed by atoms with E-state index in [0.29, 0.717) is 18.0 Å². The van der Waals surface area contributed by atoms with Crippen molar-refractivity contribution in [1.29, 1.82) is 0 Å². The van der Waals surface area contributed by atoms with Crippen LogP contribution in [0.5, 0.6) is 0 Å². The average Bonchev–Trinajstić information content (AvgIpc) is 3.04. The van der Waals surface area contributed by atoms with Gasteiger partial charge in [-0.1, -0.05) is 30.3 Å². The van der Waals surface area contributed by atoms with E-state index in [1.807, 2.05) is 0 Å². The zero-order chi connectivity index (χ0) is 11.0. The minimum absolute atomic E-state index is 0.409. The van der Waals surface area contributed by atoms with Gasteiger partial charge in [-0.25, -0.2) is 0 Å². The number of hydrogen-bond donors (Lipinski definition) is 1. The molecule has 1 aromatic rings. The molecule has 2 atom stereocenters. The predicted molar refractivity (Wildman–Crippen MR) is 66.8 cm³/mol. The van der Waals surface area contributed by atoms with Gasteiger partial charge in [-0.2, -0.15) is 0 Å². The molecule has 0 saturated heterocycles. The molecule has 2 nitrogen and oxygen atoms in total. The molecule has 84 valence electrons. The summed E-state index contributed by atoms with van der Waals surface area (Å²) in [5, 5.41) is 0. The van der Waals surface area contributed by atoms with E-state index in [0.717, 1.165) is 18.8 Å². The highest BCUT2D eigenvalue weighted by molar-refractivity contribution is 5.67. The molecule has 0 aromatic heterocycles. The maximum absolute atomic E-state index is 5.74. The molecule has 0 radical (unpaired) electrons. The van der Waals surface area contributed by atoms with Crippen LogP contribution in [-0.4, -0.2) is 18.3 Å². The van der Waals surface area contributed by atoms with Gasteiger partial charge in [0.25, 0.3) is 0 Å². The Kier molecular flexibility index (Phi) is 2.52. The Labute approximate surface area is 96.6 Å². The second-order valence-electron chi connectivity index (χ2n) is 5.10. The molecule has 2 aliphatic carbocycles. The molecular formula is C14H18N2. The van der Waals surface area contributed by atoms with Gasteiger partial charge in [0.1, 0.15) is 0 Å². The maximum atomic E-state index is 5.74. The number of hydrogen-bond acceptors (Lipinski definition) is 2. The summed E-state index contributed by atoms with van der Waals surface area (Å²) < 4.78 is 0. The van der Waals surface area contributed by atoms with Gasteiger partial charge in [-0.3, -0.25) is 4.99 Å². The quantitative estimate of drug-likeness (QED) is 0.771. The SMILES string of the molecule is NC1CC(N=CC2C[C@@H]2c2ccccc2)C1. The molecule has 2 aliphatic rings. The Morgan fingerprint density at radius 1 is 1.12 bits per heavy atom. The summed E-state index contributed by atoms with van der Waals surface area (Å²) in [6, 6.07) is 11.7. The fourth-order valence-corrected chi connectivity index (χ4v) is 2.45. The van der Waals surface area contributed by atoms with E-state index in [1.165, 1.54) is 12.0 Å². The van der Waals surface area contributed by atoms with E-state index in [1.54, 1.807) is 0 Å². The first-order chi connectivity index (χ1) is 7.83. The number of nitrogens with two attached hydrogens (primary N) is 1. The number of rotatable bonds is 3. The summed E-state index contributed by atoms with van der Waals surface area (Å²) in [5.74, 6) is 1.40. The van der Waals surface area contributed by atoms with Crippen molar-refractivity contribution in [2.75, 3.05) is 0 Å². The second-order valence-corrected chi connectivity index (χ2v) is 5.10. The molecule has 16 heavy (non-hydrogen) atoms. The zero-order valence-corrected chi connectivity index (χ0v) is 9.42. The van der Waals surface area contributed by atoms with Crippen LogP contribution in [0.4, 0.5) is 0 Å². The first-order valence-electron chi connectivity index (χ1n) is 6.17. The third kappa shape index (κ3) is 2.03. The van der Waals surface area contributed by atoms with Crippen molar-refractivity contribution in [1.82, 2.24) is 0 Å². The van der Waals surface area contributed by atoms with Crippen LogP contribution in [0.15, 0.2) is 35.3 Å². The van der Waals surface area contributed by atoms with Gasteiger partial charge in [0, 0.05) is 18.2 Å². The summed E-state index contributed by atoms with van der Waals surface area (Å²) >= 11 is 0. The van der Waals surface area contributed by atoms with Gasteiger partial charge in [-0.05, 0) is 30.7 Å². The van der Waals surface area contributed by atoms with Crippen molar-refractivity contribution in [3.8, 4) is 0 Å². The molecule has 3 rings (SSSR count). The van der Waals surface area contributed by atoms with Gasteiger partial charge >= 0.3 is 0 Å². The first kappa shape index (κ1) is 10.0. The lowest BCUT2D eigenvalue weighted by atomic mass is 9.88. The topological polar surface area (TPSA) is 38.4 Å². The average molecular weight is 214 g/mol. The van der Waals surface area contributed by atoms with Crippen LogP contribution in [0.3, 0.4) is 0 Å². The maximum Gasteiger partial charge on any atom is 0.0525 e. The Bertz CT molecular complexity index is 379. The highest BCUT2D eigenvalue weighted by atomic mass is 14.9. The Balaban J connectivity index is 1.53. The zero-order valence-electron chi connectivity index (χ0n) is 9.42. The van der Waals surface area contributed by atoms with Crippen molar-refractivity contribution in [3.63, 3.8) is 0 Å². The van der Waals surface area contributed by atoms with Crippen molar-refractivity contribution in [2.45, 2.75) is 37.3 Å². The Morgan fingerprint density at radius 2 is 1.88 bits per heavy atom. The van der Waals surface area contributed by atoms with Gasteiger partial charge in [-0.15, -0.1) is 0 Å². The number of aliphatic imine (C=N–C) groups is 1. The highest BCUT2D eigenvalue weighted by Gasteiger charge is 2.37. The summed E-state index contributed by atoms with van der Waals surface area (Å²) in [4.78, 5) is 4.61. The standard InChI is InChI=1S/C14H18N2/c15-12-7-13(8-12)16-9-11-6-14(11)10-4-2-1-3-5-10/h1-5,9,11-14H,6-8,15H2/t11?,12?,13?,14-/m1/s1. The first-order valence-corrected chi connectivity index (χ1v) is 6.17. The smallest absolute Gasteiger partial charge is 0.0525 e. The lowest BCUT2D eigenvalue weighted by molar-refractivity contribution is 0.354. The van der Waals surface area contributed by atoms with Crippen LogP contribution >= 0.6 is 0 Å². The summed E-state index contributed by atoms with van der Waals surface area (Å²) in [6.45, 7) is 0. The van der Waals surface area contributed by atoms with E-state index in [9.17, 15) is 0 Å². The van der Waals surface area contributed by atoms with Crippen molar-refractivity contribution < 1.29 is 0 Å². The number of nitrogens with zero attached hydrogens (tertiary/aromatic N) is 1. The number of benzene rings is 1. The fraction of sp³-hybridized carbons (Fsp3) is 0.500. The molecular weight excluding hydrogens is 196 g/mol. The highest BCUT2D eigenvalue weighted by Crippen LogP contribution is 2.46. The van der Waals surface area contributed by atoms with Crippen molar-refractivity contribution in [3.05, 3.63) is 35.9 Å². The van der Waals surface area contributed by atoms with Crippen LogP contribution in [0, 0.1) is 5.92 Å². The van der Waals surface area contributed by atoms with Gasteiger partial charge < -0.3 is 5.73 Å². The third-order valence-electron chi connectivity index (χ3n) is 3.71. The monoisotopic (exact) mass is 214 g/mol. The Hall–Kier alpha value is -1.15. The molecule has 2 N–H and O–H groups in total. The summed E-state index contributed by atoms with van der Waals surface area (Å²) in [6.07, 6.45) is 5.61. The molecule has 1 aromatic carbocycles. The van der Waals surface area contributed by atoms with Gasteiger partial charge in [0.2, 0.25) is 0 Å². The molecule has 2 heteroatoms.